The summed E-state index contributed by atoms with van der Waals surface area (Å²) in [6.07, 6.45) is 3.46. The van der Waals surface area contributed by atoms with Crippen molar-refractivity contribution in [3.8, 4) is 0 Å². The van der Waals surface area contributed by atoms with Crippen molar-refractivity contribution in [2.45, 2.75) is 19.8 Å². The minimum Gasteiger partial charge on any atom is -0.351 e. The molecule has 3 heterocycles. The summed E-state index contributed by atoms with van der Waals surface area (Å²) in [5.41, 5.74) is 0.0115. The third-order valence-electron chi connectivity index (χ3n) is 4.80. The van der Waals surface area contributed by atoms with Gasteiger partial charge in [0.2, 0.25) is 11.8 Å². The van der Waals surface area contributed by atoms with Gasteiger partial charge < -0.3 is 14.7 Å². The maximum Gasteiger partial charge on any atom is 0.329 e. The van der Waals surface area contributed by atoms with Gasteiger partial charge in [-0.15, -0.1) is 0 Å². The molecule has 2 aliphatic heterocycles. The Morgan fingerprint density at radius 3 is 2.39 bits per heavy atom. The van der Waals surface area contributed by atoms with E-state index in [0.29, 0.717) is 17.7 Å². The predicted octanol–water partition coefficient (Wildman–Crippen LogP) is 1.37. The summed E-state index contributed by atoms with van der Waals surface area (Å²) < 4.78 is 0. The van der Waals surface area contributed by atoms with Crippen molar-refractivity contribution in [2.24, 2.45) is 5.92 Å². The monoisotopic (exact) mass is 320 g/mol. The zero-order chi connectivity index (χ0) is 16.4. The number of likely N-dealkylation sites (N-methyl/N-ethyl adjacent to an activating group) is 1. The zero-order valence-electron chi connectivity index (χ0n) is 13.8. The van der Waals surface area contributed by atoms with E-state index in [-0.39, 0.29) is 10.6 Å². The fourth-order valence-electron chi connectivity index (χ4n) is 3.10. The smallest absolute Gasteiger partial charge is 0.329 e. The van der Waals surface area contributed by atoms with E-state index in [1.54, 1.807) is 0 Å². The van der Waals surface area contributed by atoms with Crippen LogP contribution in [-0.2, 0) is 0 Å². The highest BCUT2D eigenvalue weighted by molar-refractivity contribution is 5.59. The van der Waals surface area contributed by atoms with E-state index in [1.165, 1.54) is 6.20 Å². The Labute approximate surface area is 136 Å². The van der Waals surface area contributed by atoms with Gasteiger partial charge in [0.25, 0.3) is 0 Å². The van der Waals surface area contributed by atoms with Gasteiger partial charge in [0.15, 0.2) is 0 Å². The lowest BCUT2D eigenvalue weighted by Gasteiger charge is -2.34. The highest BCUT2D eigenvalue weighted by atomic mass is 16.6. The Morgan fingerprint density at radius 2 is 1.78 bits per heavy atom. The molecule has 0 radical (unpaired) electrons. The van der Waals surface area contributed by atoms with Crippen molar-refractivity contribution in [3.63, 3.8) is 0 Å². The maximum atomic E-state index is 11.3. The second kappa shape index (κ2) is 6.66. The molecular weight excluding hydrogens is 296 g/mol. The number of piperazine rings is 1. The molecule has 23 heavy (non-hydrogen) atoms. The summed E-state index contributed by atoms with van der Waals surface area (Å²) in [6.45, 7) is 7.48. The third-order valence-corrected chi connectivity index (χ3v) is 4.80. The number of hydrogen-bond donors (Lipinski definition) is 0. The maximum absolute atomic E-state index is 11.3. The van der Waals surface area contributed by atoms with E-state index in [0.717, 1.165) is 52.1 Å². The lowest BCUT2D eigenvalue weighted by Crippen LogP contribution is -2.45. The molecule has 0 bridgehead atoms. The van der Waals surface area contributed by atoms with Crippen molar-refractivity contribution in [1.82, 2.24) is 14.9 Å². The molecule has 0 atom stereocenters. The van der Waals surface area contributed by atoms with Crippen LogP contribution in [0.5, 0.6) is 0 Å². The lowest BCUT2D eigenvalue weighted by atomic mass is 9.99. The molecule has 8 nitrogen and oxygen atoms in total. The first kappa shape index (κ1) is 15.9. The highest BCUT2D eigenvalue weighted by Crippen LogP contribution is 2.30. The van der Waals surface area contributed by atoms with Crippen LogP contribution in [0.3, 0.4) is 0 Å². The van der Waals surface area contributed by atoms with E-state index < -0.39 is 0 Å². The van der Waals surface area contributed by atoms with Gasteiger partial charge >= 0.3 is 5.69 Å². The van der Waals surface area contributed by atoms with Gasteiger partial charge in [0.05, 0.1) is 4.92 Å². The second-order valence-electron chi connectivity index (χ2n) is 6.60. The van der Waals surface area contributed by atoms with Crippen molar-refractivity contribution in [3.05, 3.63) is 16.3 Å². The fraction of sp³-hybridized carbons (Fsp3) is 0.733. The predicted molar refractivity (Wildman–Crippen MR) is 89.0 cm³/mol. The fourth-order valence-corrected chi connectivity index (χ4v) is 3.10. The topological polar surface area (TPSA) is 78.6 Å². The van der Waals surface area contributed by atoms with Crippen molar-refractivity contribution < 1.29 is 4.92 Å². The number of piperidine rings is 1. The summed E-state index contributed by atoms with van der Waals surface area (Å²) in [5.74, 6) is 1.76. The van der Waals surface area contributed by atoms with Crippen LogP contribution in [0.15, 0.2) is 6.20 Å². The van der Waals surface area contributed by atoms with Gasteiger partial charge in [-0.3, -0.25) is 10.1 Å². The number of aromatic nitrogens is 2. The molecule has 3 rings (SSSR count). The van der Waals surface area contributed by atoms with Gasteiger partial charge in [-0.2, -0.15) is 4.98 Å². The molecule has 8 heteroatoms. The van der Waals surface area contributed by atoms with Crippen molar-refractivity contribution in [1.29, 1.82) is 0 Å². The molecule has 1 aromatic rings. The van der Waals surface area contributed by atoms with E-state index in [9.17, 15) is 10.1 Å². The van der Waals surface area contributed by atoms with Crippen LogP contribution in [0.4, 0.5) is 17.5 Å². The molecule has 0 amide bonds. The minimum atomic E-state index is -0.374. The second-order valence-corrected chi connectivity index (χ2v) is 6.60. The Kier molecular flexibility index (Phi) is 4.61. The van der Waals surface area contributed by atoms with Gasteiger partial charge in [-0.25, -0.2) is 4.98 Å². The Bertz CT molecular complexity index is 565. The van der Waals surface area contributed by atoms with Gasteiger partial charge in [0.1, 0.15) is 6.20 Å². The van der Waals surface area contributed by atoms with Crippen LogP contribution in [0, 0.1) is 16.0 Å². The van der Waals surface area contributed by atoms with Crippen molar-refractivity contribution in [2.75, 3.05) is 56.1 Å². The molecule has 1 aromatic heterocycles. The first-order valence-electron chi connectivity index (χ1n) is 8.24. The molecular formula is C15H24N6O2. The van der Waals surface area contributed by atoms with Crippen LogP contribution >= 0.6 is 0 Å². The molecule has 2 fully saturated rings. The summed E-state index contributed by atoms with van der Waals surface area (Å²) in [6, 6.07) is 0. The SMILES string of the molecule is CC1CCN(c2nc(N3CCN(C)CC3)ncc2[N+](=O)[O-])CC1. The van der Waals surface area contributed by atoms with Crippen LogP contribution in [0.2, 0.25) is 0 Å². The van der Waals surface area contributed by atoms with Crippen molar-refractivity contribution >= 4 is 17.5 Å². The largest absolute Gasteiger partial charge is 0.351 e. The average molecular weight is 320 g/mol. The first-order chi connectivity index (χ1) is 11.0. The van der Waals surface area contributed by atoms with E-state index >= 15 is 0 Å². The Morgan fingerprint density at radius 1 is 1.13 bits per heavy atom. The molecule has 0 N–H and O–H groups in total. The molecule has 0 aliphatic carbocycles. The summed E-state index contributed by atoms with van der Waals surface area (Å²) in [4.78, 5) is 26.2. The molecule has 126 valence electrons. The number of hydrogen-bond acceptors (Lipinski definition) is 7. The van der Waals surface area contributed by atoms with E-state index in [4.69, 9.17) is 0 Å². The number of nitrogens with zero attached hydrogens (tertiary/aromatic N) is 6. The van der Waals surface area contributed by atoms with E-state index in [1.807, 2.05) is 4.90 Å². The lowest BCUT2D eigenvalue weighted by molar-refractivity contribution is -0.384. The van der Waals surface area contributed by atoms with Gasteiger partial charge in [-0.05, 0) is 25.8 Å². The third kappa shape index (κ3) is 3.52. The zero-order valence-corrected chi connectivity index (χ0v) is 13.8. The summed E-state index contributed by atoms with van der Waals surface area (Å²) in [5, 5.41) is 11.3. The minimum absolute atomic E-state index is 0.0115. The molecule has 0 spiro atoms. The quantitative estimate of drug-likeness (QED) is 0.615. The summed E-state index contributed by atoms with van der Waals surface area (Å²) >= 11 is 0. The van der Waals surface area contributed by atoms with Gasteiger partial charge in [0, 0.05) is 39.3 Å². The van der Waals surface area contributed by atoms with Crippen LogP contribution in [-0.4, -0.2) is 66.1 Å². The standard InChI is InChI=1S/C15H24N6O2/c1-12-3-5-19(6-4-12)14-13(21(22)23)11-16-15(17-14)20-9-7-18(2)8-10-20/h11-12H,3-10H2,1-2H3. The van der Waals surface area contributed by atoms with Crippen LogP contribution in [0.25, 0.3) is 0 Å². The molecule has 0 aromatic carbocycles. The van der Waals surface area contributed by atoms with Crippen LogP contribution < -0.4 is 9.80 Å². The normalized spacial score (nSPS) is 20.8. The summed E-state index contributed by atoms with van der Waals surface area (Å²) in [7, 11) is 2.09. The first-order valence-corrected chi connectivity index (χ1v) is 8.24. The molecule has 2 aliphatic rings. The van der Waals surface area contributed by atoms with Gasteiger partial charge in [-0.1, -0.05) is 6.92 Å². The Balaban J connectivity index is 1.86. The van der Waals surface area contributed by atoms with E-state index in [2.05, 4.69) is 33.7 Å². The molecule has 0 unspecified atom stereocenters. The highest BCUT2D eigenvalue weighted by Gasteiger charge is 2.27. The molecule has 0 saturated carbocycles. The Hall–Kier alpha value is -1.96. The number of nitro groups is 1. The average Bonchev–Trinajstić information content (AvgIpc) is 2.55. The van der Waals surface area contributed by atoms with Crippen LogP contribution in [0.1, 0.15) is 19.8 Å². The number of rotatable bonds is 3. The number of anilines is 2. The molecule has 2 saturated heterocycles.